The standard InChI is InChI=1S/C17H13ClN2O2S/c1-10-2-7-13(15(21)8-10)19-16(22)14-9-23-17(20-14)11-3-5-12(18)6-4-11/h2-9,21H,1H3,(H,19,22). The molecule has 6 heteroatoms. The number of aromatic hydroxyl groups is 1. The number of halogens is 1. The molecule has 2 aromatic carbocycles. The van der Waals surface area contributed by atoms with Gasteiger partial charge in [0.05, 0.1) is 5.69 Å². The number of carbonyl (C=O) groups is 1. The molecule has 0 spiro atoms. The highest BCUT2D eigenvalue weighted by Crippen LogP contribution is 2.27. The van der Waals surface area contributed by atoms with Crippen LogP contribution in [0.4, 0.5) is 5.69 Å². The van der Waals surface area contributed by atoms with Crippen molar-refractivity contribution in [1.29, 1.82) is 0 Å². The number of anilines is 1. The van der Waals surface area contributed by atoms with E-state index in [9.17, 15) is 9.90 Å². The van der Waals surface area contributed by atoms with Gasteiger partial charge in [0.2, 0.25) is 0 Å². The summed E-state index contributed by atoms with van der Waals surface area (Å²) in [5.41, 5.74) is 2.48. The van der Waals surface area contributed by atoms with Gasteiger partial charge in [-0.05, 0) is 36.8 Å². The summed E-state index contributed by atoms with van der Waals surface area (Å²) in [7, 11) is 0. The molecule has 0 aliphatic rings. The molecule has 3 aromatic rings. The average Bonchev–Trinajstić information content (AvgIpc) is 3.01. The van der Waals surface area contributed by atoms with E-state index < -0.39 is 0 Å². The minimum absolute atomic E-state index is 0.0338. The Kier molecular flexibility index (Phi) is 4.32. The molecule has 0 saturated carbocycles. The molecule has 1 heterocycles. The van der Waals surface area contributed by atoms with Crippen LogP contribution in [0.15, 0.2) is 47.8 Å². The van der Waals surface area contributed by atoms with Crippen molar-refractivity contribution in [2.24, 2.45) is 0 Å². The van der Waals surface area contributed by atoms with Crippen LogP contribution in [-0.4, -0.2) is 16.0 Å². The minimum atomic E-state index is -0.361. The lowest BCUT2D eigenvalue weighted by molar-refractivity contribution is 0.102. The van der Waals surface area contributed by atoms with E-state index >= 15 is 0 Å². The van der Waals surface area contributed by atoms with Crippen LogP contribution in [0.1, 0.15) is 16.1 Å². The predicted molar refractivity (Wildman–Crippen MR) is 93.4 cm³/mol. The molecule has 0 aliphatic carbocycles. The molecule has 0 atom stereocenters. The van der Waals surface area contributed by atoms with Gasteiger partial charge in [0, 0.05) is 16.0 Å². The van der Waals surface area contributed by atoms with E-state index in [1.807, 2.05) is 25.1 Å². The van der Waals surface area contributed by atoms with Gasteiger partial charge in [-0.3, -0.25) is 4.79 Å². The van der Waals surface area contributed by atoms with Crippen molar-refractivity contribution >= 4 is 34.5 Å². The van der Waals surface area contributed by atoms with Crippen molar-refractivity contribution in [2.75, 3.05) is 5.32 Å². The maximum Gasteiger partial charge on any atom is 0.275 e. The first-order valence-electron chi connectivity index (χ1n) is 6.85. The summed E-state index contributed by atoms with van der Waals surface area (Å²) in [5.74, 6) is -0.327. The molecule has 116 valence electrons. The summed E-state index contributed by atoms with van der Waals surface area (Å²) >= 11 is 7.24. The van der Waals surface area contributed by atoms with Gasteiger partial charge in [-0.2, -0.15) is 0 Å². The van der Waals surface area contributed by atoms with Gasteiger partial charge in [-0.1, -0.05) is 29.8 Å². The molecule has 1 amide bonds. The minimum Gasteiger partial charge on any atom is -0.506 e. The van der Waals surface area contributed by atoms with Crippen LogP contribution in [0.25, 0.3) is 10.6 Å². The van der Waals surface area contributed by atoms with Gasteiger partial charge >= 0.3 is 0 Å². The molecule has 0 fully saturated rings. The molecular formula is C17H13ClN2O2S. The number of carbonyl (C=O) groups excluding carboxylic acids is 1. The Morgan fingerprint density at radius 2 is 1.96 bits per heavy atom. The molecule has 0 bridgehead atoms. The normalized spacial score (nSPS) is 10.5. The van der Waals surface area contributed by atoms with E-state index in [-0.39, 0.29) is 11.7 Å². The molecule has 0 saturated heterocycles. The molecular weight excluding hydrogens is 332 g/mol. The Bertz CT molecular complexity index is 859. The van der Waals surface area contributed by atoms with Gasteiger partial charge < -0.3 is 10.4 Å². The Balaban J connectivity index is 1.79. The highest BCUT2D eigenvalue weighted by Gasteiger charge is 2.13. The van der Waals surface area contributed by atoms with Gasteiger partial charge in [-0.25, -0.2) is 4.98 Å². The zero-order valence-corrected chi connectivity index (χ0v) is 13.8. The number of rotatable bonds is 3. The second-order valence-corrected chi connectivity index (χ2v) is 6.31. The molecule has 0 unspecified atom stereocenters. The summed E-state index contributed by atoms with van der Waals surface area (Å²) in [4.78, 5) is 16.6. The first-order valence-corrected chi connectivity index (χ1v) is 8.11. The Morgan fingerprint density at radius 1 is 1.22 bits per heavy atom. The molecule has 1 aromatic heterocycles. The van der Waals surface area contributed by atoms with Gasteiger partial charge in [-0.15, -0.1) is 11.3 Å². The van der Waals surface area contributed by atoms with Crippen molar-refractivity contribution in [3.05, 3.63) is 64.1 Å². The first kappa shape index (κ1) is 15.5. The molecule has 2 N–H and O–H groups in total. The average molecular weight is 345 g/mol. The monoisotopic (exact) mass is 344 g/mol. The molecule has 4 nitrogen and oxygen atoms in total. The highest BCUT2D eigenvalue weighted by atomic mass is 35.5. The van der Waals surface area contributed by atoms with Crippen molar-refractivity contribution < 1.29 is 9.90 Å². The van der Waals surface area contributed by atoms with Gasteiger partial charge in [0.15, 0.2) is 0 Å². The third-order valence-electron chi connectivity index (χ3n) is 3.23. The van der Waals surface area contributed by atoms with Crippen LogP contribution in [-0.2, 0) is 0 Å². The number of aromatic nitrogens is 1. The van der Waals surface area contributed by atoms with Crippen LogP contribution in [0.3, 0.4) is 0 Å². The number of aryl methyl sites for hydroxylation is 1. The van der Waals surface area contributed by atoms with Crippen molar-refractivity contribution in [3.63, 3.8) is 0 Å². The fourth-order valence-electron chi connectivity index (χ4n) is 2.04. The van der Waals surface area contributed by atoms with Crippen molar-refractivity contribution in [2.45, 2.75) is 6.92 Å². The second-order valence-electron chi connectivity index (χ2n) is 5.02. The topological polar surface area (TPSA) is 62.2 Å². The molecule has 0 radical (unpaired) electrons. The number of thiazole rings is 1. The SMILES string of the molecule is Cc1ccc(NC(=O)c2csc(-c3ccc(Cl)cc3)n2)c(O)c1. The van der Waals surface area contributed by atoms with Crippen molar-refractivity contribution in [1.82, 2.24) is 4.98 Å². The number of hydrogen-bond donors (Lipinski definition) is 2. The lowest BCUT2D eigenvalue weighted by Gasteiger charge is -2.06. The number of phenols is 1. The number of phenolic OH excluding ortho intramolecular Hbond substituents is 1. The number of nitrogens with one attached hydrogen (secondary N) is 1. The van der Waals surface area contributed by atoms with E-state index in [4.69, 9.17) is 11.6 Å². The first-order chi connectivity index (χ1) is 11.0. The summed E-state index contributed by atoms with van der Waals surface area (Å²) in [5, 5.41) is 15.6. The largest absolute Gasteiger partial charge is 0.506 e. The van der Waals surface area contributed by atoms with E-state index in [2.05, 4.69) is 10.3 Å². The third kappa shape index (κ3) is 3.52. The predicted octanol–water partition coefficient (Wildman–Crippen LogP) is 4.73. The zero-order chi connectivity index (χ0) is 16.4. The smallest absolute Gasteiger partial charge is 0.275 e. The zero-order valence-electron chi connectivity index (χ0n) is 12.2. The van der Waals surface area contributed by atoms with Crippen LogP contribution in [0.5, 0.6) is 5.75 Å². The summed E-state index contributed by atoms with van der Waals surface area (Å²) in [6.45, 7) is 1.87. The fourth-order valence-corrected chi connectivity index (χ4v) is 2.97. The molecule has 0 aliphatic heterocycles. The Morgan fingerprint density at radius 3 is 2.65 bits per heavy atom. The maximum absolute atomic E-state index is 12.3. The number of hydrogen-bond acceptors (Lipinski definition) is 4. The molecule has 23 heavy (non-hydrogen) atoms. The number of benzene rings is 2. The quantitative estimate of drug-likeness (QED) is 0.675. The van der Waals surface area contributed by atoms with Gasteiger partial charge in [0.1, 0.15) is 16.5 Å². The van der Waals surface area contributed by atoms with E-state index in [1.165, 1.54) is 11.3 Å². The summed E-state index contributed by atoms with van der Waals surface area (Å²) in [6, 6.07) is 12.3. The van der Waals surface area contributed by atoms with E-state index in [0.717, 1.165) is 16.1 Å². The maximum atomic E-state index is 12.3. The molecule has 3 rings (SSSR count). The number of nitrogens with zero attached hydrogens (tertiary/aromatic N) is 1. The highest BCUT2D eigenvalue weighted by molar-refractivity contribution is 7.13. The summed E-state index contributed by atoms with van der Waals surface area (Å²) in [6.07, 6.45) is 0. The van der Waals surface area contributed by atoms with E-state index in [1.54, 1.807) is 29.6 Å². The van der Waals surface area contributed by atoms with Gasteiger partial charge in [0.25, 0.3) is 5.91 Å². The van der Waals surface area contributed by atoms with Crippen LogP contribution < -0.4 is 5.32 Å². The van der Waals surface area contributed by atoms with E-state index in [0.29, 0.717) is 16.4 Å². The Labute approximate surface area is 142 Å². The lowest BCUT2D eigenvalue weighted by atomic mass is 10.2. The Hall–Kier alpha value is -2.37. The summed E-state index contributed by atoms with van der Waals surface area (Å²) < 4.78 is 0. The third-order valence-corrected chi connectivity index (χ3v) is 4.37. The number of amides is 1. The fraction of sp³-hybridized carbons (Fsp3) is 0.0588. The van der Waals surface area contributed by atoms with Crippen LogP contribution in [0, 0.1) is 6.92 Å². The van der Waals surface area contributed by atoms with Crippen LogP contribution in [0.2, 0.25) is 5.02 Å². The van der Waals surface area contributed by atoms with Crippen molar-refractivity contribution in [3.8, 4) is 16.3 Å². The second kappa shape index (κ2) is 6.40. The van der Waals surface area contributed by atoms with Crippen LogP contribution >= 0.6 is 22.9 Å². The lowest BCUT2D eigenvalue weighted by Crippen LogP contribution is -2.12.